The summed E-state index contributed by atoms with van der Waals surface area (Å²) < 4.78 is 75.4. The molecule has 0 spiro atoms. The van der Waals surface area contributed by atoms with E-state index in [1.165, 1.54) is 11.8 Å². The van der Waals surface area contributed by atoms with Crippen LogP contribution in [0.3, 0.4) is 0 Å². The summed E-state index contributed by atoms with van der Waals surface area (Å²) in [5.74, 6) is -1.36. The van der Waals surface area contributed by atoms with Crippen molar-refractivity contribution >= 4 is 21.4 Å². The fraction of sp³-hybridized carbons (Fsp3) is 0.500. The number of rotatable bonds is 3. The molecule has 1 aromatic carbocycles. The first-order valence-corrected chi connectivity index (χ1v) is 8.63. The summed E-state index contributed by atoms with van der Waals surface area (Å²) in [7, 11) is -5.69. The van der Waals surface area contributed by atoms with Crippen LogP contribution in [0, 0.1) is 5.82 Å². The highest BCUT2D eigenvalue weighted by Gasteiger charge is 2.48. The molecule has 0 saturated carbocycles. The van der Waals surface area contributed by atoms with Crippen LogP contribution in [0.5, 0.6) is 0 Å². The molecule has 1 aliphatic heterocycles. The number of piperidine rings is 1. The van der Waals surface area contributed by atoms with Gasteiger partial charge in [-0.2, -0.15) is 13.2 Å². The van der Waals surface area contributed by atoms with Gasteiger partial charge in [-0.3, -0.25) is 4.79 Å². The Labute approximate surface area is 136 Å². The summed E-state index contributed by atoms with van der Waals surface area (Å²) in [6, 6.07) is 1.99. The van der Waals surface area contributed by atoms with Crippen LogP contribution in [0.15, 0.2) is 23.1 Å². The van der Waals surface area contributed by atoms with Crippen molar-refractivity contribution < 1.29 is 30.8 Å². The van der Waals surface area contributed by atoms with Crippen molar-refractivity contribution in [1.29, 1.82) is 0 Å². The summed E-state index contributed by atoms with van der Waals surface area (Å²) in [5.41, 5.74) is -5.74. The Kier molecular flexibility index (Phi) is 5.07. The lowest BCUT2D eigenvalue weighted by atomic mass is 10.0. The molecule has 24 heavy (non-hydrogen) atoms. The third-order valence-corrected chi connectivity index (χ3v) is 5.20. The number of nitrogens with zero attached hydrogens (tertiary/aromatic N) is 1. The summed E-state index contributed by atoms with van der Waals surface area (Å²) in [6.45, 7) is 1.77. The number of amides is 1. The molecule has 1 aromatic rings. The van der Waals surface area contributed by atoms with Crippen molar-refractivity contribution in [3.8, 4) is 0 Å². The monoisotopic (exact) mass is 368 g/mol. The van der Waals surface area contributed by atoms with Gasteiger partial charge in [0, 0.05) is 26.1 Å². The van der Waals surface area contributed by atoms with Crippen molar-refractivity contribution in [3.05, 3.63) is 24.0 Å². The van der Waals surface area contributed by atoms with Gasteiger partial charge < -0.3 is 10.2 Å². The van der Waals surface area contributed by atoms with Crippen LogP contribution < -0.4 is 10.2 Å². The molecule has 0 radical (unpaired) electrons. The van der Waals surface area contributed by atoms with Gasteiger partial charge in [0.1, 0.15) is 10.7 Å². The first kappa shape index (κ1) is 18.5. The van der Waals surface area contributed by atoms with Gasteiger partial charge in [-0.15, -0.1) is 0 Å². The minimum absolute atomic E-state index is 0.144. The molecule has 1 atom stereocenters. The predicted octanol–water partition coefficient (Wildman–Crippen LogP) is 2.22. The molecular formula is C14H16F4N2O3S. The summed E-state index contributed by atoms with van der Waals surface area (Å²) in [6.07, 6.45) is 1.17. The van der Waals surface area contributed by atoms with Gasteiger partial charge in [-0.05, 0) is 31.0 Å². The third-order valence-electron chi connectivity index (χ3n) is 3.69. The molecule has 5 nitrogen and oxygen atoms in total. The number of anilines is 1. The number of carbonyl (C=O) groups is 1. The summed E-state index contributed by atoms with van der Waals surface area (Å²) in [4.78, 5) is 11.4. The zero-order valence-corrected chi connectivity index (χ0v) is 13.5. The first-order valence-electron chi connectivity index (χ1n) is 7.15. The molecule has 134 valence electrons. The largest absolute Gasteiger partial charge is 0.501 e. The standard InChI is InChI=1S/C14H16F4N2O3S/c1-9(21)19-11-3-2-6-20(8-11)12-5-4-10(15)7-13(12)24(22,23)14(16,17)18/h4-5,7,11H,2-3,6,8H2,1H3,(H,19,21). The van der Waals surface area contributed by atoms with Gasteiger partial charge in [0.15, 0.2) is 0 Å². The van der Waals surface area contributed by atoms with Crippen LogP contribution in [-0.2, 0) is 14.6 Å². The Morgan fingerprint density at radius 3 is 2.58 bits per heavy atom. The van der Waals surface area contributed by atoms with E-state index in [-0.39, 0.29) is 24.2 Å². The number of benzene rings is 1. The minimum atomic E-state index is -5.69. The Bertz CT molecular complexity index is 734. The van der Waals surface area contributed by atoms with E-state index >= 15 is 0 Å². The maximum atomic E-state index is 13.4. The number of halogens is 4. The van der Waals surface area contributed by atoms with Gasteiger partial charge in [-0.1, -0.05) is 0 Å². The van der Waals surface area contributed by atoms with Crippen molar-refractivity contribution in [2.45, 2.75) is 36.2 Å². The number of hydrogen-bond donors (Lipinski definition) is 1. The number of nitrogens with one attached hydrogen (secondary N) is 1. The average molecular weight is 368 g/mol. The van der Waals surface area contributed by atoms with Gasteiger partial charge >= 0.3 is 5.51 Å². The molecule has 0 bridgehead atoms. The lowest BCUT2D eigenvalue weighted by molar-refractivity contribution is -0.119. The van der Waals surface area contributed by atoms with Crippen molar-refractivity contribution in [3.63, 3.8) is 0 Å². The zero-order valence-electron chi connectivity index (χ0n) is 12.7. The van der Waals surface area contributed by atoms with Crippen LogP contribution in [0.1, 0.15) is 19.8 Å². The van der Waals surface area contributed by atoms with E-state index in [0.29, 0.717) is 25.5 Å². The second-order valence-electron chi connectivity index (χ2n) is 5.55. The van der Waals surface area contributed by atoms with E-state index in [1.54, 1.807) is 0 Å². The Morgan fingerprint density at radius 1 is 1.33 bits per heavy atom. The van der Waals surface area contributed by atoms with E-state index in [1.807, 2.05) is 0 Å². The number of sulfone groups is 1. The van der Waals surface area contributed by atoms with Crippen LogP contribution in [-0.4, -0.2) is 39.0 Å². The molecule has 1 fully saturated rings. The zero-order chi connectivity index (χ0) is 18.1. The number of alkyl halides is 3. The Balaban J connectivity index is 2.42. The van der Waals surface area contributed by atoms with Crippen LogP contribution in [0.2, 0.25) is 0 Å². The second-order valence-corrected chi connectivity index (χ2v) is 7.46. The highest BCUT2D eigenvalue weighted by Crippen LogP contribution is 2.37. The molecule has 1 saturated heterocycles. The lowest BCUT2D eigenvalue weighted by Gasteiger charge is -2.35. The van der Waals surface area contributed by atoms with Crippen LogP contribution in [0.25, 0.3) is 0 Å². The van der Waals surface area contributed by atoms with Gasteiger partial charge in [0.25, 0.3) is 9.84 Å². The molecule has 1 aliphatic rings. The summed E-state index contributed by atoms with van der Waals surface area (Å²) in [5, 5.41) is 2.65. The highest BCUT2D eigenvalue weighted by atomic mass is 32.2. The average Bonchev–Trinajstić information content (AvgIpc) is 2.45. The van der Waals surface area contributed by atoms with Crippen LogP contribution in [0.4, 0.5) is 23.2 Å². The predicted molar refractivity (Wildman–Crippen MR) is 78.7 cm³/mol. The van der Waals surface area contributed by atoms with Gasteiger partial charge in [-0.25, -0.2) is 12.8 Å². The maximum absolute atomic E-state index is 13.4. The molecule has 0 aliphatic carbocycles. The molecule has 10 heteroatoms. The van der Waals surface area contributed by atoms with Crippen molar-refractivity contribution in [2.24, 2.45) is 0 Å². The Morgan fingerprint density at radius 2 is 2.00 bits per heavy atom. The topological polar surface area (TPSA) is 66.5 Å². The molecule has 1 N–H and O–H groups in total. The first-order chi connectivity index (χ1) is 11.0. The number of carbonyl (C=O) groups excluding carboxylic acids is 1. The van der Waals surface area contributed by atoms with E-state index in [0.717, 1.165) is 12.1 Å². The SMILES string of the molecule is CC(=O)NC1CCCN(c2ccc(F)cc2S(=O)(=O)C(F)(F)F)C1. The van der Waals surface area contributed by atoms with E-state index in [4.69, 9.17) is 0 Å². The minimum Gasteiger partial charge on any atom is -0.368 e. The van der Waals surface area contributed by atoms with Crippen LogP contribution >= 0.6 is 0 Å². The molecule has 0 aromatic heterocycles. The fourth-order valence-corrected chi connectivity index (χ4v) is 3.68. The highest BCUT2D eigenvalue weighted by molar-refractivity contribution is 7.92. The molecular weight excluding hydrogens is 352 g/mol. The lowest BCUT2D eigenvalue weighted by Crippen LogP contribution is -2.47. The normalized spacial score (nSPS) is 19.2. The van der Waals surface area contributed by atoms with Crippen molar-refractivity contribution in [1.82, 2.24) is 5.32 Å². The fourth-order valence-electron chi connectivity index (χ4n) is 2.69. The van der Waals surface area contributed by atoms with Gasteiger partial charge in [0.05, 0.1) is 5.69 Å². The number of hydrogen-bond acceptors (Lipinski definition) is 4. The smallest absolute Gasteiger partial charge is 0.368 e. The molecule has 2 rings (SSSR count). The molecule has 1 heterocycles. The third kappa shape index (κ3) is 3.80. The van der Waals surface area contributed by atoms with E-state index in [9.17, 15) is 30.8 Å². The summed E-state index contributed by atoms with van der Waals surface area (Å²) >= 11 is 0. The van der Waals surface area contributed by atoms with E-state index < -0.39 is 26.1 Å². The molecule has 1 amide bonds. The maximum Gasteiger partial charge on any atom is 0.501 e. The molecule has 1 unspecified atom stereocenters. The van der Waals surface area contributed by atoms with Gasteiger partial charge in [0.2, 0.25) is 5.91 Å². The van der Waals surface area contributed by atoms with Crippen molar-refractivity contribution in [2.75, 3.05) is 18.0 Å². The van der Waals surface area contributed by atoms with E-state index in [2.05, 4.69) is 5.32 Å². The quantitative estimate of drug-likeness (QED) is 0.831. The Hall–Kier alpha value is -1.84. The second kappa shape index (κ2) is 6.58.